The van der Waals surface area contributed by atoms with Crippen LogP contribution in [0.1, 0.15) is 25.7 Å². The Kier molecular flexibility index (Phi) is 4.49. The SMILES string of the molecule is CNC1(C#N)CCCC1CCSc1cccs1. The minimum Gasteiger partial charge on any atom is -0.302 e. The van der Waals surface area contributed by atoms with Crippen LogP contribution in [0.5, 0.6) is 0 Å². The van der Waals surface area contributed by atoms with Gasteiger partial charge >= 0.3 is 0 Å². The van der Waals surface area contributed by atoms with Gasteiger partial charge in [-0.25, -0.2) is 0 Å². The highest BCUT2D eigenvalue weighted by atomic mass is 32.2. The van der Waals surface area contributed by atoms with E-state index in [9.17, 15) is 5.26 Å². The van der Waals surface area contributed by atoms with Gasteiger partial charge in [-0.1, -0.05) is 12.5 Å². The molecule has 1 aromatic heterocycles. The summed E-state index contributed by atoms with van der Waals surface area (Å²) in [5.74, 6) is 1.64. The van der Waals surface area contributed by atoms with Crippen molar-refractivity contribution in [2.24, 2.45) is 5.92 Å². The molecule has 1 aromatic rings. The normalized spacial score (nSPS) is 28.1. The predicted octanol–water partition coefficient (Wildman–Crippen LogP) is 3.51. The third-order valence-corrected chi connectivity index (χ3v) is 5.84. The highest BCUT2D eigenvalue weighted by molar-refractivity contribution is 8.01. The van der Waals surface area contributed by atoms with Crippen LogP contribution in [-0.4, -0.2) is 18.3 Å². The number of hydrogen-bond acceptors (Lipinski definition) is 4. The van der Waals surface area contributed by atoms with Crippen molar-refractivity contribution < 1.29 is 0 Å². The summed E-state index contributed by atoms with van der Waals surface area (Å²) in [6.07, 6.45) is 4.52. The summed E-state index contributed by atoms with van der Waals surface area (Å²) in [6.45, 7) is 0. The van der Waals surface area contributed by atoms with Crippen LogP contribution >= 0.6 is 23.1 Å². The fourth-order valence-electron chi connectivity index (χ4n) is 2.65. The van der Waals surface area contributed by atoms with Crippen molar-refractivity contribution in [3.05, 3.63) is 17.5 Å². The number of nitrogens with zero attached hydrogens (tertiary/aromatic N) is 1. The molecule has 0 saturated heterocycles. The third-order valence-electron chi connectivity index (χ3n) is 3.67. The Balaban J connectivity index is 1.84. The van der Waals surface area contributed by atoms with E-state index in [4.69, 9.17) is 0 Å². The van der Waals surface area contributed by atoms with Crippen molar-refractivity contribution in [1.29, 1.82) is 5.26 Å². The number of nitriles is 1. The van der Waals surface area contributed by atoms with Gasteiger partial charge in [0.15, 0.2) is 0 Å². The predicted molar refractivity (Wildman–Crippen MR) is 74.4 cm³/mol. The molecule has 1 heterocycles. The molecule has 0 radical (unpaired) electrons. The van der Waals surface area contributed by atoms with E-state index in [1.165, 1.54) is 17.1 Å². The van der Waals surface area contributed by atoms with Gasteiger partial charge < -0.3 is 5.32 Å². The zero-order chi connectivity index (χ0) is 12.1. The molecule has 1 aliphatic carbocycles. The number of rotatable bonds is 5. The van der Waals surface area contributed by atoms with E-state index in [0.29, 0.717) is 5.92 Å². The minimum absolute atomic E-state index is 0.254. The molecular formula is C13H18N2S2. The summed E-state index contributed by atoms with van der Waals surface area (Å²) >= 11 is 3.72. The van der Waals surface area contributed by atoms with Crippen LogP contribution in [0.25, 0.3) is 0 Å². The van der Waals surface area contributed by atoms with Crippen molar-refractivity contribution in [2.75, 3.05) is 12.8 Å². The van der Waals surface area contributed by atoms with Crippen LogP contribution < -0.4 is 5.32 Å². The van der Waals surface area contributed by atoms with E-state index in [0.717, 1.165) is 18.6 Å². The lowest BCUT2D eigenvalue weighted by atomic mass is 9.87. The van der Waals surface area contributed by atoms with Crippen LogP contribution in [0.15, 0.2) is 21.7 Å². The summed E-state index contributed by atoms with van der Waals surface area (Å²) in [5, 5.41) is 14.7. The molecule has 2 rings (SSSR count). The second-order valence-electron chi connectivity index (χ2n) is 4.49. The molecular weight excluding hydrogens is 248 g/mol. The fourth-order valence-corrected chi connectivity index (χ4v) is 4.56. The molecule has 0 bridgehead atoms. The average Bonchev–Trinajstić information content (AvgIpc) is 2.99. The molecule has 1 saturated carbocycles. The maximum absolute atomic E-state index is 9.35. The van der Waals surface area contributed by atoms with Crippen LogP contribution in [-0.2, 0) is 0 Å². The first-order valence-corrected chi connectivity index (χ1v) is 7.94. The van der Waals surface area contributed by atoms with Gasteiger partial charge in [0, 0.05) is 0 Å². The van der Waals surface area contributed by atoms with Gasteiger partial charge in [0.2, 0.25) is 0 Å². The Morgan fingerprint density at radius 3 is 3.24 bits per heavy atom. The first-order valence-electron chi connectivity index (χ1n) is 6.07. The maximum Gasteiger partial charge on any atom is 0.109 e. The molecule has 4 heteroatoms. The Labute approximate surface area is 111 Å². The molecule has 2 atom stereocenters. The highest BCUT2D eigenvalue weighted by Crippen LogP contribution is 2.38. The molecule has 2 unspecified atom stereocenters. The third kappa shape index (κ3) is 2.85. The maximum atomic E-state index is 9.35. The van der Waals surface area contributed by atoms with Crippen molar-refractivity contribution >= 4 is 23.1 Å². The van der Waals surface area contributed by atoms with Crippen molar-refractivity contribution in [3.63, 3.8) is 0 Å². The largest absolute Gasteiger partial charge is 0.302 e. The van der Waals surface area contributed by atoms with Gasteiger partial charge in [-0.3, -0.25) is 0 Å². The lowest BCUT2D eigenvalue weighted by molar-refractivity contribution is 0.332. The quantitative estimate of drug-likeness (QED) is 0.828. The zero-order valence-corrected chi connectivity index (χ0v) is 11.7. The molecule has 0 spiro atoms. The summed E-state index contributed by atoms with van der Waals surface area (Å²) in [5.41, 5.74) is -0.254. The smallest absolute Gasteiger partial charge is 0.109 e. The second-order valence-corrected chi connectivity index (χ2v) is 6.83. The highest BCUT2D eigenvalue weighted by Gasteiger charge is 2.41. The second kappa shape index (κ2) is 5.90. The summed E-state index contributed by atoms with van der Waals surface area (Å²) < 4.78 is 1.38. The standard InChI is InChI=1S/C13H18N2S2/c1-15-13(10-14)7-2-4-11(13)6-9-17-12-5-3-8-16-12/h3,5,8,11,15H,2,4,6-7,9H2,1H3. The molecule has 0 aromatic carbocycles. The van der Waals surface area contributed by atoms with Gasteiger partial charge in [-0.2, -0.15) is 5.26 Å². The van der Waals surface area contributed by atoms with E-state index in [-0.39, 0.29) is 5.54 Å². The van der Waals surface area contributed by atoms with Crippen LogP contribution in [0.3, 0.4) is 0 Å². The van der Waals surface area contributed by atoms with Gasteiger partial charge in [0.25, 0.3) is 0 Å². The van der Waals surface area contributed by atoms with E-state index < -0.39 is 0 Å². The molecule has 1 fully saturated rings. The van der Waals surface area contributed by atoms with Crippen LogP contribution in [0.4, 0.5) is 0 Å². The van der Waals surface area contributed by atoms with E-state index in [2.05, 4.69) is 28.9 Å². The molecule has 17 heavy (non-hydrogen) atoms. The van der Waals surface area contributed by atoms with Crippen molar-refractivity contribution in [1.82, 2.24) is 5.32 Å². The fraction of sp³-hybridized carbons (Fsp3) is 0.615. The van der Waals surface area contributed by atoms with Crippen LogP contribution in [0, 0.1) is 17.2 Å². The average molecular weight is 266 g/mol. The van der Waals surface area contributed by atoms with E-state index in [1.807, 2.05) is 18.8 Å². The Morgan fingerprint density at radius 2 is 2.59 bits per heavy atom. The summed E-state index contributed by atoms with van der Waals surface area (Å²) in [7, 11) is 1.92. The molecule has 92 valence electrons. The Morgan fingerprint density at radius 1 is 1.71 bits per heavy atom. The Hall–Kier alpha value is -0.500. The lowest BCUT2D eigenvalue weighted by Gasteiger charge is -2.28. The molecule has 0 aliphatic heterocycles. The number of thioether (sulfide) groups is 1. The van der Waals surface area contributed by atoms with E-state index >= 15 is 0 Å². The van der Waals surface area contributed by atoms with E-state index in [1.54, 1.807) is 11.3 Å². The van der Waals surface area contributed by atoms with Gasteiger partial charge in [-0.05, 0) is 49.4 Å². The first kappa shape index (κ1) is 12.9. The minimum atomic E-state index is -0.254. The Bertz CT molecular complexity index is 383. The first-order chi connectivity index (χ1) is 8.30. The summed E-state index contributed by atoms with van der Waals surface area (Å²) in [4.78, 5) is 0. The lowest BCUT2D eigenvalue weighted by Crippen LogP contribution is -2.44. The molecule has 1 N–H and O–H groups in total. The van der Waals surface area contributed by atoms with Crippen molar-refractivity contribution in [3.8, 4) is 6.07 Å². The molecule has 0 amide bonds. The number of thiophene rings is 1. The van der Waals surface area contributed by atoms with Crippen molar-refractivity contribution in [2.45, 2.75) is 35.4 Å². The zero-order valence-electron chi connectivity index (χ0n) is 10.1. The number of hydrogen-bond donors (Lipinski definition) is 1. The molecule has 2 nitrogen and oxygen atoms in total. The van der Waals surface area contributed by atoms with Gasteiger partial charge in [0.05, 0.1) is 10.3 Å². The van der Waals surface area contributed by atoms with Crippen LogP contribution in [0.2, 0.25) is 0 Å². The number of nitrogens with one attached hydrogen (secondary N) is 1. The monoisotopic (exact) mass is 266 g/mol. The molecule has 1 aliphatic rings. The summed E-state index contributed by atoms with van der Waals surface area (Å²) in [6, 6.07) is 6.76. The topological polar surface area (TPSA) is 35.8 Å². The van der Waals surface area contributed by atoms with Gasteiger partial charge in [-0.15, -0.1) is 23.1 Å². The van der Waals surface area contributed by atoms with Gasteiger partial charge in [0.1, 0.15) is 5.54 Å².